The normalized spacial score (nSPS) is 10.5. The van der Waals surface area contributed by atoms with Gasteiger partial charge in [0.05, 0.1) is 36.8 Å². The Labute approximate surface area is 427 Å². The molecule has 0 aromatic rings. The number of aliphatic carboxylic acids is 1. The number of hydrogen-bond donors (Lipinski definition) is 5. The number of carboxylic acids is 1. The average molecular weight is 1020 g/mol. The van der Waals surface area contributed by atoms with Crippen LogP contribution in [-0.4, -0.2) is 113 Å². The van der Waals surface area contributed by atoms with Crippen LogP contribution in [0.1, 0.15) is 144 Å². The van der Waals surface area contributed by atoms with E-state index in [9.17, 15) is 8.42 Å². The lowest BCUT2D eigenvalue weighted by molar-refractivity contribution is -0.134. The van der Waals surface area contributed by atoms with Crippen molar-refractivity contribution in [1.29, 1.82) is 0 Å². The van der Waals surface area contributed by atoms with Gasteiger partial charge in [0.1, 0.15) is 6.29 Å². The number of carbonyl (C=O) groups excluding carboxylic acids is 2. The van der Waals surface area contributed by atoms with Crippen LogP contribution in [0.5, 0.6) is 0 Å². The van der Waals surface area contributed by atoms with Crippen LogP contribution in [0.2, 0.25) is 0 Å². The number of nitrogens with zero attached hydrogens (tertiary/aromatic N) is 2. The zero-order valence-electron chi connectivity index (χ0n) is 46.9. The molecule has 2 saturated heterocycles. The fraction of sp³-hybridized carbons (Fsp3) is 0.608. The summed E-state index contributed by atoms with van der Waals surface area (Å²) in [6, 6.07) is 0. The average Bonchev–Trinajstić information content (AvgIpc) is 4.25. The number of aliphatic imine (C=N–C) groups is 2. The van der Waals surface area contributed by atoms with Crippen LogP contribution in [0.4, 0.5) is 0 Å². The minimum absolute atomic E-state index is 0.583. The molecule has 5 N–H and O–H groups in total. The summed E-state index contributed by atoms with van der Waals surface area (Å²) in [6.45, 7) is 43.4. The maximum absolute atomic E-state index is 9.19. The second-order valence-electron chi connectivity index (χ2n) is 10.8. The van der Waals surface area contributed by atoms with E-state index in [0.717, 1.165) is 46.4 Å². The highest BCUT2D eigenvalue weighted by Crippen LogP contribution is 2.10. The van der Waals surface area contributed by atoms with Crippen molar-refractivity contribution in [2.75, 3.05) is 54.0 Å². The number of isothiocyanates is 1. The molecular formula is C51H105N3O10S3. The van der Waals surface area contributed by atoms with Gasteiger partial charge in [0.15, 0.2) is 0 Å². The van der Waals surface area contributed by atoms with Gasteiger partial charge in [-0.15, -0.1) is 37.8 Å². The lowest BCUT2D eigenvalue weighted by Gasteiger charge is -1.74. The molecule has 2 aliphatic heterocycles. The number of carboxylic acid groups (broad SMARTS) is 1. The molecule has 0 spiro atoms. The van der Waals surface area contributed by atoms with E-state index in [1.807, 2.05) is 93.5 Å². The largest absolute Gasteiger partial charge is 0.481 e. The Balaban J connectivity index is -0.0000000295. The predicted molar refractivity (Wildman–Crippen MR) is 307 cm³/mol. The summed E-state index contributed by atoms with van der Waals surface area (Å²) >= 11 is 7.66. The zero-order chi connectivity index (χ0) is 57.9. The standard InChI is InChI=1S/2C5H10.C4H8O.3C4H8.C4H6.C3H6O.C3H6.C3H4.C2H3NO.C2H3NS.C2H4O2.C2H4O.CH5N.CH4O3S.CH4O.CH4S/c1-4-5(2)3;1-3-5-4-2;1-2-4-3-5-4;1-4(2)3;3*1-3-4-2;1-3-2-4-3;2*1-3-2;2*1-3-2-4;1-2(3)4;1-2-3;1-2;1-5(2,3)4;2*1-2/h4H,1-3H3;3,5H,4H2,1-2H3;4H,2-3H2,1H3;1H2,2-3H3;2*3-4H,1-2H3;1H,4H2,2H3;3H,2H2,1H3;3H,1H2,2H3;1H,2H3;2*1H3;1H3,(H,3,4);2H,1H3;2H2,1H3;1H3,(H,2,3,4);2*2H,1H3. The summed E-state index contributed by atoms with van der Waals surface area (Å²) in [5.74, 6) is 3.85. The Kier molecular flexibility index (Phi) is 248. The van der Waals surface area contributed by atoms with E-state index in [4.69, 9.17) is 45.0 Å². The van der Waals surface area contributed by atoms with Gasteiger partial charge in [0.25, 0.3) is 16.1 Å². The van der Waals surface area contributed by atoms with Crippen LogP contribution in [0, 0.1) is 24.7 Å². The van der Waals surface area contributed by atoms with Crippen molar-refractivity contribution in [2.24, 2.45) is 15.7 Å². The highest BCUT2D eigenvalue weighted by Gasteiger charge is 2.18. The number of thiocarbonyl (C=S) groups is 1. The second kappa shape index (κ2) is 152. The Bertz CT molecular complexity index is 1180. The van der Waals surface area contributed by atoms with Crippen LogP contribution in [0.3, 0.4) is 0 Å². The van der Waals surface area contributed by atoms with Crippen LogP contribution in [-0.2, 0) is 34.0 Å². The topological polar surface area (TPSA) is 222 Å². The van der Waals surface area contributed by atoms with E-state index >= 15 is 0 Å². The third kappa shape index (κ3) is 1320. The molecule has 0 aliphatic carbocycles. The minimum atomic E-state index is -3.67. The molecule has 2 unspecified atom stereocenters. The van der Waals surface area contributed by atoms with E-state index in [0.29, 0.717) is 18.5 Å². The van der Waals surface area contributed by atoms with E-state index in [-0.39, 0.29) is 0 Å². The molecule has 2 rings (SSSR count). The van der Waals surface area contributed by atoms with Crippen molar-refractivity contribution in [3.63, 3.8) is 0 Å². The summed E-state index contributed by atoms with van der Waals surface area (Å²) < 4.78 is 35.4. The summed E-state index contributed by atoms with van der Waals surface area (Å²) in [5.41, 5.74) is 7.05. The summed E-state index contributed by atoms with van der Waals surface area (Å²) in [4.78, 5) is 32.9. The van der Waals surface area contributed by atoms with Crippen LogP contribution < -0.4 is 5.73 Å². The molecule has 402 valence electrons. The lowest BCUT2D eigenvalue weighted by Crippen LogP contribution is -1.88. The smallest absolute Gasteiger partial charge is 0.300 e. The molecule has 2 fully saturated rings. The maximum Gasteiger partial charge on any atom is 0.300 e. The monoisotopic (exact) mass is 1020 g/mol. The van der Waals surface area contributed by atoms with Crippen molar-refractivity contribution in [2.45, 2.75) is 156 Å². The number of aliphatic hydroxyl groups is 1. The Morgan fingerprint density at radius 3 is 1.04 bits per heavy atom. The number of nitrogens with two attached hydrogens (primary N) is 1. The number of ether oxygens (including phenoxy) is 2. The van der Waals surface area contributed by atoms with E-state index in [1.54, 1.807) is 26.3 Å². The third-order valence-electron chi connectivity index (χ3n) is 3.46. The Morgan fingerprint density at radius 2 is 1.04 bits per heavy atom. The molecule has 13 nitrogen and oxygen atoms in total. The molecule has 0 amide bonds. The number of rotatable bonds is 2. The van der Waals surface area contributed by atoms with E-state index < -0.39 is 16.1 Å². The molecule has 0 bridgehead atoms. The lowest BCUT2D eigenvalue weighted by atomic mass is 10.3. The Morgan fingerprint density at radius 1 is 0.866 bits per heavy atom. The van der Waals surface area contributed by atoms with Crippen molar-refractivity contribution in [3.05, 3.63) is 72.9 Å². The number of isocyanates is 1. The third-order valence-corrected chi connectivity index (χ3v) is 3.64. The number of allylic oxidation sites excluding steroid dienone is 10. The van der Waals surface area contributed by atoms with E-state index in [2.05, 4.69) is 130 Å². The van der Waals surface area contributed by atoms with Crippen molar-refractivity contribution < 1.29 is 47.0 Å². The first-order chi connectivity index (χ1) is 31.3. The van der Waals surface area contributed by atoms with Crippen molar-refractivity contribution >= 4 is 58.5 Å². The van der Waals surface area contributed by atoms with Gasteiger partial charge in [0.2, 0.25) is 6.08 Å². The number of epoxide rings is 2. The van der Waals surface area contributed by atoms with Crippen molar-refractivity contribution in [1.82, 2.24) is 0 Å². The quantitative estimate of drug-likeness (QED) is 0.0201. The molecule has 16 heteroatoms. The SMILES string of the molecule is C#CC.C#CCC.C=C(C)C.C=CC.CC(=O)O.CC1CO1.CC=C(C)C.CC=CC.CC=CC.CC=CCC.CC=O.CCC1CO1.CN.CN=C=O.CN=C=S.CO.CS.CS(=O)(=O)O. The molecule has 0 saturated carbocycles. The molecule has 0 aromatic carbocycles. The fourth-order valence-corrected chi connectivity index (χ4v) is 0.636. The number of aldehydes is 1. The summed E-state index contributed by atoms with van der Waals surface area (Å²) in [6.07, 6.45) is 34.3. The highest BCUT2D eigenvalue weighted by atomic mass is 32.2. The number of thiol groups is 1. The van der Waals surface area contributed by atoms with Gasteiger partial charge in [-0.1, -0.05) is 80.5 Å². The Hall–Kier alpha value is -4.02. The van der Waals surface area contributed by atoms with Gasteiger partial charge in [-0.05, 0) is 135 Å². The van der Waals surface area contributed by atoms with E-state index in [1.165, 1.54) is 44.7 Å². The van der Waals surface area contributed by atoms with Crippen molar-refractivity contribution in [3.8, 4) is 24.7 Å². The second-order valence-corrected chi connectivity index (χ2v) is 12.4. The summed E-state index contributed by atoms with van der Waals surface area (Å²) in [5, 5.41) is 16.6. The predicted octanol–water partition coefficient (Wildman–Crippen LogP) is 13.0. The molecule has 2 aliphatic rings. The van der Waals surface area contributed by atoms with Gasteiger partial charge >= 0.3 is 0 Å². The number of carbonyl (C=O) groups is 2. The fourth-order valence-electron chi connectivity index (χ4n) is 0.636. The van der Waals surface area contributed by atoms with Gasteiger partial charge < -0.3 is 30.2 Å². The van der Waals surface area contributed by atoms with Gasteiger partial charge in [0, 0.05) is 34.5 Å². The molecule has 0 aromatic heterocycles. The first-order valence-electron chi connectivity index (χ1n) is 20.8. The first kappa shape index (κ1) is 110. The van der Waals surface area contributed by atoms with Gasteiger partial charge in [-0.3, -0.25) is 9.35 Å². The van der Waals surface area contributed by atoms with Crippen LogP contribution in [0.25, 0.3) is 0 Å². The first-order valence-corrected chi connectivity index (χ1v) is 23.9. The maximum atomic E-state index is 9.19. The highest BCUT2D eigenvalue weighted by molar-refractivity contribution is 7.85. The molecule has 0 radical (unpaired) electrons. The number of hydrogen-bond acceptors (Lipinski definition) is 13. The summed E-state index contributed by atoms with van der Waals surface area (Å²) in [7, 11) is 1.81. The molecule has 67 heavy (non-hydrogen) atoms. The van der Waals surface area contributed by atoms with Crippen LogP contribution >= 0.6 is 24.8 Å². The van der Waals surface area contributed by atoms with Gasteiger partial charge in [-0.25, -0.2) is 14.8 Å². The number of aliphatic hydroxyl groups excluding tert-OH is 1. The zero-order valence-corrected chi connectivity index (χ0v) is 49.4. The number of terminal acetylenes is 2. The van der Waals surface area contributed by atoms with Crippen LogP contribution in [0.15, 0.2) is 82.9 Å². The molecule has 2 atom stereocenters. The van der Waals surface area contributed by atoms with Gasteiger partial charge in [-0.2, -0.15) is 21.0 Å². The molecular weight excluding hydrogens is 911 g/mol. The minimum Gasteiger partial charge on any atom is -0.481 e. The molecule has 2 heterocycles.